The van der Waals surface area contributed by atoms with Crippen LogP contribution in [0.1, 0.15) is 16.4 Å². The van der Waals surface area contributed by atoms with Crippen molar-refractivity contribution in [1.82, 2.24) is 0 Å². The SMILES string of the molecule is COc1ccc([C@@H]2Sc3ccc(C(F)(F)F)cc3NC(=O)[C@H]2O)cc1. The van der Waals surface area contributed by atoms with Crippen LogP contribution in [0, 0.1) is 0 Å². The van der Waals surface area contributed by atoms with Gasteiger partial charge in [-0.1, -0.05) is 12.1 Å². The summed E-state index contributed by atoms with van der Waals surface area (Å²) in [5, 5.41) is 12.0. The van der Waals surface area contributed by atoms with Gasteiger partial charge in [-0.15, -0.1) is 11.8 Å². The summed E-state index contributed by atoms with van der Waals surface area (Å²) in [4.78, 5) is 12.6. The monoisotopic (exact) mass is 369 g/mol. The zero-order valence-electron chi connectivity index (χ0n) is 13.0. The van der Waals surface area contributed by atoms with Gasteiger partial charge in [0.15, 0.2) is 0 Å². The Hall–Kier alpha value is -2.19. The topological polar surface area (TPSA) is 58.6 Å². The lowest BCUT2D eigenvalue weighted by atomic mass is 10.1. The highest BCUT2D eigenvalue weighted by Crippen LogP contribution is 2.45. The lowest BCUT2D eigenvalue weighted by Gasteiger charge is -2.19. The molecule has 0 aromatic heterocycles. The number of anilines is 1. The number of benzene rings is 2. The molecule has 1 aliphatic heterocycles. The van der Waals surface area contributed by atoms with E-state index < -0.39 is 29.0 Å². The second-order valence-electron chi connectivity index (χ2n) is 5.45. The number of hydrogen-bond acceptors (Lipinski definition) is 4. The molecule has 0 radical (unpaired) electrons. The Labute approximate surface area is 146 Å². The molecule has 0 unspecified atom stereocenters. The summed E-state index contributed by atoms with van der Waals surface area (Å²) >= 11 is 1.13. The fourth-order valence-corrected chi connectivity index (χ4v) is 3.70. The Balaban J connectivity index is 1.98. The molecule has 1 heterocycles. The van der Waals surface area contributed by atoms with Crippen molar-refractivity contribution in [2.45, 2.75) is 22.4 Å². The number of nitrogens with one attached hydrogen (secondary N) is 1. The molecule has 8 heteroatoms. The summed E-state index contributed by atoms with van der Waals surface area (Å²) in [6.07, 6.45) is -5.91. The molecule has 25 heavy (non-hydrogen) atoms. The van der Waals surface area contributed by atoms with Crippen LogP contribution in [0.3, 0.4) is 0 Å². The first kappa shape index (κ1) is 17.6. The van der Waals surface area contributed by atoms with Crippen molar-refractivity contribution in [1.29, 1.82) is 0 Å². The predicted molar refractivity (Wildman–Crippen MR) is 87.7 cm³/mol. The van der Waals surface area contributed by atoms with E-state index >= 15 is 0 Å². The summed E-state index contributed by atoms with van der Waals surface area (Å²) in [7, 11) is 1.52. The molecule has 0 bridgehead atoms. The number of carbonyl (C=O) groups excluding carboxylic acids is 1. The van der Waals surface area contributed by atoms with E-state index in [1.165, 1.54) is 13.2 Å². The van der Waals surface area contributed by atoms with Crippen molar-refractivity contribution in [3.05, 3.63) is 53.6 Å². The van der Waals surface area contributed by atoms with Gasteiger partial charge in [-0.3, -0.25) is 4.79 Å². The number of fused-ring (bicyclic) bond motifs is 1. The van der Waals surface area contributed by atoms with E-state index in [2.05, 4.69) is 5.32 Å². The van der Waals surface area contributed by atoms with Crippen LogP contribution in [0.5, 0.6) is 5.75 Å². The molecule has 2 aromatic carbocycles. The number of aliphatic hydroxyl groups excluding tert-OH is 1. The lowest BCUT2D eigenvalue weighted by molar-refractivity contribution is -0.137. The van der Waals surface area contributed by atoms with Gasteiger partial charge in [0.2, 0.25) is 0 Å². The van der Waals surface area contributed by atoms with Crippen molar-refractivity contribution < 1.29 is 27.8 Å². The van der Waals surface area contributed by atoms with Gasteiger partial charge in [-0.05, 0) is 35.9 Å². The minimum atomic E-state index is -4.51. The molecule has 0 aliphatic carbocycles. The lowest BCUT2D eigenvalue weighted by Crippen LogP contribution is -2.30. The Kier molecular flexibility index (Phi) is 4.66. The Morgan fingerprint density at radius 2 is 1.84 bits per heavy atom. The van der Waals surface area contributed by atoms with Crippen molar-refractivity contribution in [3.63, 3.8) is 0 Å². The first-order chi connectivity index (χ1) is 11.8. The number of alkyl halides is 3. The van der Waals surface area contributed by atoms with Crippen LogP contribution < -0.4 is 10.1 Å². The van der Waals surface area contributed by atoms with E-state index in [1.54, 1.807) is 24.3 Å². The van der Waals surface area contributed by atoms with E-state index in [0.29, 0.717) is 16.2 Å². The van der Waals surface area contributed by atoms with Crippen molar-refractivity contribution >= 4 is 23.4 Å². The number of methoxy groups -OCH3 is 1. The fourth-order valence-electron chi connectivity index (χ4n) is 2.50. The van der Waals surface area contributed by atoms with Crippen molar-refractivity contribution in [2.24, 2.45) is 0 Å². The molecule has 2 aromatic rings. The number of rotatable bonds is 2. The van der Waals surface area contributed by atoms with Crippen LogP contribution in [0.15, 0.2) is 47.4 Å². The number of ether oxygens (including phenoxy) is 1. The number of amides is 1. The van der Waals surface area contributed by atoms with E-state index in [9.17, 15) is 23.1 Å². The average molecular weight is 369 g/mol. The smallest absolute Gasteiger partial charge is 0.416 e. The third-order valence-corrected chi connectivity index (χ3v) is 5.21. The van der Waals surface area contributed by atoms with Gasteiger partial charge >= 0.3 is 6.18 Å². The largest absolute Gasteiger partial charge is 0.497 e. The quantitative estimate of drug-likeness (QED) is 0.844. The van der Waals surface area contributed by atoms with Crippen LogP contribution in [-0.2, 0) is 11.0 Å². The normalized spacial score (nSPS) is 20.4. The van der Waals surface area contributed by atoms with Gasteiger partial charge < -0.3 is 15.2 Å². The molecule has 0 fully saturated rings. The Morgan fingerprint density at radius 3 is 2.44 bits per heavy atom. The molecule has 1 amide bonds. The zero-order chi connectivity index (χ0) is 18.2. The Bertz CT molecular complexity index is 793. The minimum Gasteiger partial charge on any atom is -0.497 e. The standard InChI is InChI=1S/C17H14F3NO3S/c1-24-11-5-2-9(3-6-11)15-14(22)16(23)21-12-8-10(17(18,19)20)4-7-13(12)25-15/h2-8,14-15,22H,1H3,(H,21,23)/t14-,15-/m0/s1. The molecule has 0 saturated carbocycles. The maximum Gasteiger partial charge on any atom is 0.416 e. The number of thioether (sulfide) groups is 1. The highest BCUT2D eigenvalue weighted by atomic mass is 32.2. The van der Waals surface area contributed by atoms with Gasteiger partial charge in [0.05, 0.1) is 23.6 Å². The van der Waals surface area contributed by atoms with Crippen LogP contribution in [-0.4, -0.2) is 24.2 Å². The van der Waals surface area contributed by atoms with Crippen LogP contribution in [0.2, 0.25) is 0 Å². The summed E-state index contributed by atoms with van der Waals surface area (Å²) in [6, 6.07) is 9.95. The average Bonchev–Trinajstić information content (AvgIpc) is 2.70. The summed E-state index contributed by atoms with van der Waals surface area (Å²) < 4.78 is 43.7. The maximum atomic E-state index is 12.9. The zero-order valence-corrected chi connectivity index (χ0v) is 13.8. The molecule has 0 saturated heterocycles. The van der Waals surface area contributed by atoms with Gasteiger partial charge in [0.1, 0.15) is 11.9 Å². The molecule has 0 spiro atoms. The second-order valence-corrected chi connectivity index (χ2v) is 6.64. The van der Waals surface area contributed by atoms with Gasteiger partial charge in [-0.2, -0.15) is 13.2 Å². The molecule has 3 rings (SSSR count). The van der Waals surface area contributed by atoms with E-state index in [-0.39, 0.29) is 5.69 Å². The Morgan fingerprint density at radius 1 is 1.16 bits per heavy atom. The van der Waals surface area contributed by atoms with Gasteiger partial charge in [-0.25, -0.2) is 0 Å². The third kappa shape index (κ3) is 3.59. The summed E-state index contributed by atoms with van der Waals surface area (Å²) in [6.45, 7) is 0. The van der Waals surface area contributed by atoms with E-state index in [4.69, 9.17) is 4.74 Å². The molecule has 4 nitrogen and oxygen atoms in total. The number of hydrogen-bond donors (Lipinski definition) is 2. The maximum absolute atomic E-state index is 12.9. The first-order valence-corrected chi connectivity index (χ1v) is 8.18. The molecule has 2 atom stereocenters. The molecule has 132 valence electrons. The van der Waals surface area contributed by atoms with Crippen molar-refractivity contribution in [2.75, 3.05) is 12.4 Å². The molecular formula is C17H14F3NO3S. The third-order valence-electron chi connectivity index (χ3n) is 3.82. The predicted octanol–water partition coefficient (Wildman–Crippen LogP) is 3.86. The number of aliphatic hydroxyl groups is 1. The van der Waals surface area contributed by atoms with E-state index in [1.807, 2.05) is 0 Å². The number of halogens is 3. The summed E-state index contributed by atoms with van der Waals surface area (Å²) in [5.41, 5.74) is -0.148. The molecular weight excluding hydrogens is 355 g/mol. The second kappa shape index (κ2) is 6.61. The highest BCUT2D eigenvalue weighted by molar-refractivity contribution is 7.99. The first-order valence-electron chi connectivity index (χ1n) is 7.30. The van der Waals surface area contributed by atoms with Crippen molar-refractivity contribution in [3.8, 4) is 5.75 Å². The highest BCUT2D eigenvalue weighted by Gasteiger charge is 2.35. The minimum absolute atomic E-state index is 0.0416. The van der Waals surface area contributed by atoms with Gasteiger partial charge in [0.25, 0.3) is 5.91 Å². The van der Waals surface area contributed by atoms with E-state index in [0.717, 1.165) is 23.9 Å². The van der Waals surface area contributed by atoms with Crippen LogP contribution in [0.25, 0.3) is 0 Å². The summed E-state index contributed by atoms with van der Waals surface area (Å²) in [5.74, 6) is -0.122. The fraction of sp³-hybridized carbons (Fsp3) is 0.235. The molecule has 2 N–H and O–H groups in total. The number of carbonyl (C=O) groups is 1. The van der Waals surface area contributed by atoms with Crippen LogP contribution >= 0.6 is 11.8 Å². The van der Waals surface area contributed by atoms with Crippen LogP contribution in [0.4, 0.5) is 18.9 Å². The molecule has 1 aliphatic rings. The van der Waals surface area contributed by atoms with Gasteiger partial charge in [0, 0.05) is 4.90 Å².